The van der Waals surface area contributed by atoms with Crippen molar-refractivity contribution in [1.82, 2.24) is 25.1 Å². The van der Waals surface area contributed by atoms with Gasteiger partial charge in [0.2, 0.25) is 0 Å². The van der Waals surface area contributed by atoms with Gasteiger partial charge in [0, 0.05) is 16.9 Å². The van der Waals surface area contributed by atoms with Crippen molar-refractivity contribution in [3.63, 3.8) is 0 Å². The number of hydrogen-bond donors (Lipinski definition) is 2. The van der Waals surface area contributed by atoms with Gasteiger partial charge in [-0.2, -0.15) is 18.3 Å². The zero-order chi connectivity index (χ0) is 28.2. The summed E-state index contributed by atoms with van der Waals surface area (Å²) in [5.74, 6) is -1.47. The first kappa shape index (κ1) is 25.7. The van der Waals surface area contributed by atoms with Gasteiger partial charge in [-0.05, 0) is 63.0 Å². The van der Waals surface area contributed by atoms with Crippen LogP contribution in [0, 0.1) is 24.6 Å². The van der Waals surface area contributed by atoms with Gasteiger partial charge in [0.25, 0.3) is 0 Å². The van der Waals surface area contributed by atoms with Crippen LogP contribution in [0.5, 0.6) is 0 Å². The van der Waals surface area contributed by atoms with Gasteiger partial charge in [-0.15, -0.1) is 0 Å². The molecule has 4 heterocycles. The van der Waals surface area contributed by atoms with Crippen molar-refractivity contribution in [2.45, 2.75) is 82.7 Å². The first-order valence-electron chi connectivity index (χ1n) is 13.9. The Kier molecular flexibility index (Phi) is 5.53. The van der Waals surface area contributed by atoms with Gasteiger partial charge in [-0.1, -0.05) is 13.8 Å². The number of aryl methyl sites for hydroxylation is 1. The summed E-state index contributed by atoms with van der Waals surface area (Å²) in [7, 11) is 0. The molecule has 4 aliphatic rings. The standard InChI is InChI=1S/C28H30F4N6O2/c1-10(2)22-19-24(17-15-9-34-25(18(15)17)27(39)40-13-6-7-13)37-38(12-4-5-12)26(19)21(29)23(36-22)14-8-16(33)35-11(3)20(14)28(30,31)32/h8,10,12-13,15,17-18,25,34H,4-7,9H2,1-3H3,(H2,33,35)/t15-,17-,18-,25+/m1/s1. The second-order valence-electron chi connectivity index (χ2n) is 11.9. The van der Waals surface area contributed by atoms with Gasteiger partial charge in [0.1, 0.15) is 29.2 Å². The lowest BCUT2D eigenvalue weighted by Gasteiger charge is -2.18. The molecule has 12 heteroatoms. The zero-order valence-corrected chi connectivity index (χ0v) is 22.3. The molecule has 3 aromatic heterocycles. The highest BCUT2D eigenvalue weighted by molar-refractivity contribution is 5.91. The summed E-state index contributed by atoms with van der Waals surface area (Å²) in [5.41, 5.74) is 4.93. The zero-order valence-electron chi connectivity index (χ0n) is 22.3. The molecule has 4 atom stereocenters. The van der Waals surface area contributed by atoms with E-state index in [0.717, 1.165) is 31.7 Å². The largest absolute Gasteiger partial charge is 0.461 e. The number of nitrogens with two attached hydrogens (primary N) is 1. The monoisotopic (exact) mass is 558 g/mol. The van der Waals surface area contributed by atoms with E-state index in [0.29, 0.717) is 23.3 Å². The molecule has 3 N–H and O–H groups in total. The lowest BCUT2D eigenvalue weighted by Crippen LogP contribution is -2.37. The number of nitrogen functional groups attached to an aromatic ring is 1. The summed E-state index contributed by atoms with van der Waals surface area (Å²) in [6.45, 7) is 5.58. The van der Waals surface area contributed by atoms with E-state index in [9.17, 15) is 18.0 Å². The molecule has 3 saturated carbocycles. The Labute approximate surface area is 227 Å². The molecule has 0 radical (unpaired) electrons. The van der Waals surface area contributed by atoms with E-state index in [4.69, 9.17) is 15.6 Å². The van der Waals surface area contributed by atoms with Gasteiger partial charge in [-0.25, -0.2) is 14.4 Å². The number of carbonyl (C=O) groups is 1. The van der Waals surface area contributed by atoms with Crippen LogP contribution in [0.3, 0.4) is 0 Å². The van der Waals surface area contributed by atoms with Crippen LogP contribution < -0.4 is 11.1 Å². The maximum Gasteiger partial charge on any atom is 0.418 e. The molecule has 3 aromatic rings. The fourth-order valence-electron chi connectivity index (χ4n) is 6.47. The number of nitrogens with one attached hydrogen (secondary N) is 1. The number of piperidine rings is 1. The number of aromatic nitrogens is 4. The van der Waals surface area contributed by atoms with Crippen LogP contribution in [-0.2, 0) is 15.7 Å². The predicted octanol–water partition coefficient (Wildman–Crippen LogP) is 5.01. The quantitative estimate of drug-likeness (QED) is 0.324. The van der Waals surface area contributed by atoms with Crippen LogP contribution in [0.1, 0.15) is 80.1 Å². The fraction of sp³-hybridized carbons (Fsp3) is 0.571. The van der Waals surface area contributed by atoms with Crippen molar-refractivity contribution in [2.24, 2.45) is 11.8 Å². The summed E-state index contributed by atoms with van der Waals surface area (Å²) in [4.78, 5) is 21.2. The van der Waals surface area contributed by atoms with Crippen LogP contribution in [0.4, 0.5) is 23.4 Å². The Balaban J connectivity index is 1.41. The SMILES string of the molecule is Cc1nc(N)cc(-c2nc(C(C)C)c3c([C@@H]4[C@H]5CN[C@H](C(=O)OC6CC6)[C@H]54)nn(C4CC4)c3c2F)c1C(F)(F)F. The highest BCUT2D eigenvalue weighted by atomic mass is 19.4. The summed E-state index contributed by atoms with van der Waals surface area (Å²) in [6.07, 6.45) is -1.42. The number of alkyl halides is 3. The number of esters is 1. The van der Waals surface area contributed by atoms with Gasteiger partial charge in [0.15, 0.2) is 5.82 Å². The van der Waals surface area contributed by atoms with Crippen LogP contribution in [0.15, 0.2) is 6.07 Å². The van der Waals surface area contributed by atoms with E-state index in [2.05, 4.69) is 15.3 Å². The summed E-state index contributed by atoms with van der Waals surface area (Å²) >= 11 is 0. The van der Waals surface area contributed by atoms with E-state index in [1.165, 1.54) is 6.92 Å². The maximum atomic E-state index is 16.6. The Morgan fingerprint density at radius 1 is 1.20 bits per heavy atom. The van der Waals surface area contributed by atoms with E-state index in [-0.39, 0.29) is 58.8 Å². The molecule has 0 bridgehead atoms. The van der Waals surface area contributed by atoms with Crippen LogP contribution in [0.25, 0.3) is 22.2 Å². The third-order valence-corrected chi connectivity index (χ3v) is 8.60. The summed E-state index contributed by atoms with van der Waals surface area (Å²) < 4.78 is 66.4. The number of rotatable bonds is 6. The molecule has 4 fully saturated rings. The third kappa shape index (κ3) is 3.97. The van der Waals surface area contributed by atoms with E-state index >= 15 is 4.39 Å². The Morgan fingerprint density at radius 2 is 1.93 bits per heavy atom. The molecular formula is C28H30F4N6O2. The molecule has 8 nitrogen and oxygen atoms in total. The molecule has 7 rings (SSSR count). The summed E-state index contributed by atoms with van der Waals surface area (Å²) in [5, 5.41) is 8.72. The average Bonchev–Trinajstić information content (AvgIpc) is 3.82. The Bertz CT molecular complexity index is 1560. The van der Waals surface area contributed by atoms with Crippen LogP contribution in [-0.4, -0.2) is 44.4 Å². The number of anilines is 1. The average molecular weight is 559 g/mol. The minimum absolute atomic E-state index is 0.00262. The lowest BCUT2D eigenvalue weighted by molar-refractivity contribution is -0.147. The number of nitrogens with zero attached hydrogens (tertiary/aromatic N) is 4. The van der Waals surface area contributed by atoms with Crippen molar-refractivity contribution in [3.05, 3.63) is 34.5 Å². The predicted molar refractivity (Wildman–Crippen MR) is 138 cm³/mol. The second-order valence-corrected chi connectivity index (χ2v) is 11.9. The maximum absolute atomic E-state index is 16.6. The minimum Gasteiger partial charge on any atom is -0.461 e. The Hall–Kier alpha value is -3.28. The lowest BCUT2D eigenvalue weighted by atomic mass is 9.96. The molecule has 1 aliphatic heterocycles. The van der Waals surface area contributed by atoms with Gasteiger partial charge < -0.3 is 15.8 Å². The van der Waals surface area contributed by atoms with Crippen molar-refractivity contribution < 1.29 is 27.1 Å². The van der Waals surface area contributed by atoms with Gasteiger partial charge in [0.05, 0.1) is 28.7 Å². The normalized spacial score (nSPS) is 26.0. The molecule has 0 aromatic carbocycles. The first-order chi connectivity index (χ1) is 19.0. The van der Waals surface area contributed by atoms with Crippen LogP contribution >= 0.6 is 0 Å². The molecule has 212 valence electrons. The third-order valence-electron chi connectivity index (χ3n) is 8.60. The van der Waals surface area contributed by atoms with Gasteiger partial charge in [-0.3, -0.25) is 9.48 Å². The smallest absolute Gasteiger partial charge is 0.418 e. The molecule has 3 aliphatic carbocycles. The topological polar surface area (TPSA) is 108 Å². The Morgan fingerprint density at radius 3 is 2.55 bits per heavy atom. The number of halogens is 4. The van der Waals surface area contributed by atoms with Crippen molar-refractivity contribution in [1.29, 1.82) is 0 Å². The molecule has 1 saturated heterocycles. The number of pyridine rings is 2. The van der Waals surface area contributed by atoms with E-state index < -0.39 is 34.9 Å². The number of hydrogen-bond acceptors (Lipinski definition) is 7. The molecular weight excluding hydrogens is 528 g/mol. The molecule has 0 unspecified atom stereocenters. The van der Waals surface area contributed by atoms with E-state index in [1.54, 1.807) is 4.68 Å². The highest BCUT2D eigenvalue weighted by Gasteiger charge is 2.63. The first-order valence-corrected chi connectivity index (χ1v) is 13.9. The second kappa shape index (κ2) is 8.61. The fourth-order valence-corrected chi connectivity index (χ4v) is 6.47. The van der Waals surface area contributed by atoms with Crippen molar-refractivity contribution >= 4 is 22.7 Å². The number of fused-ring (bicyclic) bond motifs is 2. The molecule has 0 amide bonds. The van der Waals surface area contributed by atoms with E-state index in [1.807, 2.05) is 13.8 Å². The molecule has 0 spiro atoms. The van der Waals surface area contributed by atoms with Crippen molar-refractivity contribution in [2.75, 3.05) is 12.3 Å². The molecule has 40 heavy (non-hydrogen) atoms. The van der Waals surface area contributed by atoms with Gasteiger partial charge >= 0.3 is 12.1 Å². The number of carbonyl (C=O) groups excluding carboxylic acids is 1. The minimum atomic E-state index is -4.79. The van der Waals surface area contributed by atoms with Crippen molar-refractivity contribution in [3.8, 4) is 11.3 Å². The van der Waals surface area contributed by atoms with Crippen LogP contribution in [0.2, 0.25) is 0 Å². The summed E-state index contributed by atoms with van der Waals surface area (Å²) in [6, 6.07) is 0.552. The number of ether oxygens (including phenoxy) is 1. The highest BCUT2D eigenvalue weighted by Crippen LogP contribution is 2.60.